The minimum atomic E-state index is -2.44. The van der Waals surface area contributed by atoms with Gasteiger partial charge in [0.1, 0.15) is 0 Å². The van der Waals surface area contributed by atoms with Gasteiger partial charge in [0.25, 0.3) is 0 Å². The highest BCUT2D eigenvalue weighted by atomic mass is 35.5. The molecule has 5 nitrogen and oxygen atoms in total. The Bertz CT molecular complexity index is 372. The molecule has 0 saturated carbocycles. The summed E-state index contributed by atoms with van der Waals surface area (Å²) in [5.41, 5.74) is 4.74. The molecule has 1 aromatic rings. The molecular formula is C15H29ClN2O3Si. The van der Waals surface area contributed by atoms with Crippen LogP contribution >= 0.6 is 12.4 Å². The van der Waals surface area contributed by atoms with E-state index in [-0.39, 0.29) is 12.4 Å². The second kappa shape index (κ2) is 12.0. The Morgan fingerprint density at radius 2 is 1.64 bits per heavy atom. The van der Waals surface area contributed by atoms with E-state index in [2.05, 4.69) is 41.6 Å². The van der Waals surface area contributed by atoms with Gasteiger partial charge in [-0.05, 0) is 12.0 Å². The molecule has 7 heteroatoms. The molecule has 0 atom stereocenters. The highest BCUT2D eigenvalue weighted by molar-refractivity contribution is 6.60. The Balaban J connectivity index is 0.00000441. The summed E-state index contributed by atoms with van der Waals surface area (Å²) in [6.07, 6.45) is 0.970. The van der Waals surface area contributed by atoms with Crippen molar-refractivity contribution in [1.29, 1.82) is 0 Å². The lowest BCUT2D eigenvalue weighted by Crippen LogP contribution is -2.44. The first-order valence-corrected chi connectivity index (χ1v) is 9.30. The molecule has 1 aromatic carbocycles. The van der Waals surface area contributed by atoms with Gasteiger partial charge in [0.2, 0.25) is 0 Å². The van der Waals surface area contributed by atoms with E-state index in [1.807, 2.05) is 6.07 Å². The van der Waals surface area contributed by atoms with E-state index in [0.29, 0.717) is 0 Å². The van der Waals surface area contributed by atoms with Gasteiger partial charge in [-0.1, -0.05) is 37.3 Å². The van der Waals surface area contributed by atoms with Gasteiger partial charge < -0.3 is 13.3 Å². The highest BCUT2D eigenvalue weighted by Gasteiger charge is 2.36. The fourth-order valence-electron chi connectivity index (χ4n) is 2.19. The summed E-state index contributed by atoms with van der Waals surface area (Å²) in [5.74, 6) is 0. The van der Waals surface area contributed by atoms with E-state index < -0.39 is 8.80 Å². The number of hydrogen-bond acceptors (Lipinski definition) is 5. The highest BCUT2D eigenvalue weighted by Crippen LogP contribution is 2.15. The van der Waals surface area contributed by atoms with Gasteiger partial charge in [-0.15, -0.1) is 12.4 Å². The first kappa shape index (κ1) is 21.5. The number of hydrogen-bond donors (Lipinski definition) is 1. The normalized spacial score (nSPS) is 11.5. The third-order valence-corrected chi connectivity index (χ3v) is 6.41. The first-order chi connectivity index (χ1) is 10.2. The van der Waals surface area contributed by atoms with Crippen LogP contribution < -0.4 is 5.43 Å². The summed E-state index contributed by atoms with van der Waals surface area (Å²) in [6.45, 7) is 4.88. The smallest absolute Gasteiger partial charge is 0.377 e. The van der Waals surface area contributed by atoms with Gasteiger partial charge in [-0.2, -0.15) is 0 Å². The molecule has 0 bridgehead atoms. The minimum Gasteiger partial charge on any atom is -0.377 e. The Hall–Kier alpha value is -0.473. The number of rotatable bonds is 11. The van der Waals surface area contributed by atoms with Gasteiger partial charge in [-0.3, -0.25) is 5.43 Å². The van der Waals surface area contributed by atoms with Gasteiger partial charge in [-0.25, -0.2) is 5.01 Å². The van der Waals surface area contributed by atoms with Crippen LogP contribution in [0.15, 0.2) is 30.3 Å². The fraction of sp³-hybridized carbons (Fsp3) is 0.600. The standard InChI is InChI=1S/C15H28N2O3Si.ClH/c1-5-17(16-14-15-10-7-6-8-11-15)12-9-13-21(18-2,19-3)20-4;/h6-8,10-11,16H,5,9,12-14H2,1-4H3;1H. The molecule has 0 aliphatic rings. The lowest BCUT2D eigenvalue weighted by atomic mass is 10.2. The van der Waals surface area contributed by atoms with Crippen molar-refractivity contribution in [3.8, 4) is 0 Å². The molecule has 0 radical (unpaired) electrons. The van der Waals surface area contributed by atoms with Gasteiger partial charge in [0.15, 0.2) is 0 Å². The van der Waals surface area contributed by atoms with Crippen LogP contribution in [-0.2, 0) is 19.8 Å². The summed E-state index contributed by atoms with van der Waals surface area (Å²) in [6, 6.07) is 11.2. The predicted octanol–water partition coefficient (Wildman–Crippen LogP) is 2.70. The zero-order chi connectivity index (χ0) is 15.6. The monoisotopic (exact) mass is 348 g/mol. The molecule has 0 aromatic heterocycles. The van der Waals surface area contributed by atoms with Gasteiger partial charge in [0, 0.05) is 47.0 Å². The van der Waals surface area contributed by atoms with E-state index in [9.17, 15) is 0 Å². The van der Waals surface area contributed by atoms with Crippen LogP contribution in [0.1, 0.15) is 18.9 Å². The third-order valence-electron chi connectivity index (χ3n) is 3.58. The van der Waals surface area contributed by atoms with Crippen molar-refractivity contribution >= 4 is 21.2 Å². The molecular weight excluding hydrogens is 320 g/mol. The average molecular weight is 349 g/mol. The van der Waals surface area contributed by atoms with Crippen LogP contribution in [0.4, 0.5) is 0 Å². The molecule has 0 saturated heterocycles. The van der Waals surface area contributed by atoms with Crippen LogP contribution in [0.2, 0.25) is 6.04 Å². The number of benzene rings is 1. The minimum absolute atomic E-state index is 0. The summed E-state index contributed by atoms with van der Waals surface area (Å²) >= 11 is 0. The van der Waals surface area contributed by atoms with Crippen molar-refractivity contribution < 1.29 is 13.3 Å². The first-order valence-electron chi connectivity index (χ1n) is 7.37. The van der Waals surface area contributed by atoms with Gasteiger partial charge in [0.05, 0.1) is 0 Å². The van der Waals surface area contributed by atoms with E-state index in [4.69, 9.17) is 13.3 Å². The molecule has 0 aliphatic carbocycles. The third kappa shape index (κ3) is 7.19. The predicted molar refractivity (Wildman–Crippen MR) is 94.0 cm³/mol. The van der Waals surface area contributed by atoms with E-state index in [0.717, 1.165) is 32.1 Å². The topological polar surface area (TPSA) is 43.0 Å². The molecule has 0 amide bonds. The van der Waals surface area contributed by atoms with Crippen molar-refractivity contribution in [2.45, 2.75) is 25.9 Å². The van der Waals surface area contributed by atoms with Crippen molar-refractivity contribution in [2.75, 3.05) is 34.4 Å². The maximum atomic E-state index is 5.44. The number of halogens is 1. The van der Waals surface area contributed by atoms with Crippen LogP contribution in [-0.4, -0.2) is 48.2 Å². The molecule has 128 valence electrons. The number of nitrogens with one attached hydrogen (secondary N) is 1. The van der Waals surface area contributed by atoms with Gasteiger partial charge >= 0.3 is 8.80 Å². The largest absolute Gasteiger partial charge is 0.500 e. The fourth-order valence-corrected chi connectivity index (χ4v) is 3.89. The molecule has 22 heavy (non-hydrogen) atoms. The second-order valence-electron chi connectivity index (χ2n) is 4.80. The van der Waals surface area contributed by atoms with E-state index in [1.165, 1.54) is 5.56 Å². The molecule has 0 aliphatic heterocycles. The maximum Gasteiger partial charge on any atom is 0.500 e. The number of nitrogens with zero attached hydrogens (tertiary/aromatic N) is 1. The average Bonchev–Trinajstić information content (AvgIpc) is 2.56. The summed E-state index contributed by atoms with van der Waals surface area (Å²) in [7, 11) is 2.53. The second-order valence-corrected chi connectivity index (χ2v) is 7.89. The molecule has 1 N–H and O–H groups in total. The zero-order valence-corrected chi connectivity index (χ0v) is 15.8. The summed E-state index contributed by atoms with van der Waals surface area (Å²) in [5, 5.41) is 2.22. The van der Waals surface area contributed by atoms with Crippen molar-refractivity contribution in [3.63, 3.8) is 0 Å². The Kier molecular flexibility index (Phi) is 11.8. The summed E-state index contributed by atoms with van der Waals surface area (Å²) < 4.78 is 16.3. The summed E-state index contributed by atoms with van der Waals surface area (Å²) in [4.78, 5) is 0. The zero-order valence-electron chi connectivity index (χ0n) is 14.0. The molecule has 1 rings (SSSR count). The molecule has 0 fully saturated rings. The SMILES string of the molecule is CCN(CCC[Si](OC)(OC)OC)NCc1ccccc1.Cl. The van der Waals surface area contributed by atoms with Crippen molar-refractivity contribution in [2.24, 2.45) is 0 Å². The molecule has 0 heterocycles. The van der Waals surface area contributed by atoms with Crippen LogP contribution in [0.5, 0.6) is 0 Å². The van der Waals surface area contributed by atoms with E-state index in [1.54, 1.807) is 21.3 Å². The molecule has 0 unspecified atom stereocenters. The van der Waals surface area contributed by atoms with Crippen LogP contribution in [0.25, 0.3) is 0 Å². The number of hydrazine groups is 1. The van der Waals surface area contributed by atoms with E-state index >= 15 is 0 Å². The Morgan fingerprint density at radius 3 is 2.14 bits per heavy atom. The lowest BCUT2D eigenvalue weighted by Gasteiger charge is -2.26. The van der Waals surface area contributed by atoms with Crippen molar-refractivity contribution in [3.05, 3.63) is 35.9 Å². The van der Waals surface area contributed by atoms with Crippen molar-refractivity contribution in [1.82, 2.24) is 10.4 Å². The maximum absolute atomic E-state index is 5.44. The van der Waals surface area contributed by atoms with Crippen LogP contribution in [0, 0.1) is 0 Å². The quantitative estimate of drug-likeness (QED) is 0.492. The lowest BCUT2D eigenvalue weighted by molar-refractivity contribution is 0.119. The molecule has 0 spiro atoms. The Labute approximate surface area is 141 Å². The Morgan fingerprint density at radius 1 is 1.05 bits per heavy atom. The van der Waals surface area contributed by atoms with Crippen LogP contribution in [0.3, 0.4) is 0 Å².